The van der Waals surface area contributed by atoms with Crippen LogP contribution in [0.5, 0.6) is 0 Å². The highest BCUT2D eigenvalue weighted by Crippen LogP contribution is 2.22. The number of rotatable bonds is 5. The van der Waals surface area contributed by atoms with Gasteiger partial charge >= 0.3 is 0 Å². The van der Waals surface area contributed by atoms with Crippen LogP contribution in [0.4, 0.5) is 0 Å². The molecular weight excluding hydrogens is 164 g/mol. The van der Waals surface area contributed by atoms with Gasteiger partial charge in [0.2, 0.25) is 0 Å². The maximum atomic E-state index is 9.85. The van der Waals surface area contributed by atoms with Crippen LogP contribution < -0.4 is 0 Å². The summed E-state index contributed by atoms with van der Waals surface area (Å²) < 4.78 is 0. The zero-order chi connectivity index (χ0) is 10.6. The van der Waals surface area contributed by atoms with Crippen LogP contribution in [0, 0.1) is 17.8 Å². The smallest absolute Gasteiger partial charge is 0.0615 e. The quantitative estimate of drug-likeness (QED) is 0.693. The van der Waals surface area contributed by atoms with E-state index in [4.69, 9.17) is 0 Å². The van der Waals surface area contributed by atoms with Crippen LogP contribution in [-0.2, 0) is 0 Å². The molecule has 0 aliphatic heterocycles. The number of hydrogen-bond acceptors (Lipinski definition) is 2. The van der Waals surface area contributed by atoms with Crippen molar-refractivity contribution >= 4 is 0 Å². The van der Waals surface area contributed by atoms with Gasteiger partial charge in [0.25, 0.3) is 0 Å². The van der Waals surface area contributed by atoms with E-state index in [0.717, 1.165) is 6.42 Å². The normalized spacial score (nSPS) is 21.2. The van der Waals surface area contributed by atoms with Gasteiger partial charge in [0.15, 0.2) is 0 Å². The van der Waals surface area contributed by atoms with Crippen molar-refractivity contribution in [3.8, 4) is 0 Å². The third-order valence-corrected chi connectivity index (χ3v) is 2.99. The molecule has 0 saturated heterocycles. The summed E-state index contributed by atoms with van der Waals surface area (Å²) in [6.45, 7) is 9.95. The Morgan fingerprint density at radius 2 is 1.38 bits per heavy atom. The van der Waals surface area contributed by atoms with Gasteiger partial charge in [-0.3, -0.25) is 0 Å². The van der Waals surface area contributed by atoms with Crippen molar-refractivity contribution < 1.29 is 10.2 Å². The van der Waals surface area contributed by atoms with E-state index < -0.39 is 6.10 Å². The molecule has 13 heavy (non-hydrogen) atoms. The maximum Gasteiger partial charge on any atom is 0.0615 e. The molecule has 0 amide bonds. The second-order valence-electron chi connectivity index (χ2n) is 4.47. The van der Waals surface area contributed by atoms with Gasteiger partial charge in [-0.25, -0.2) is 0 Å². The molecule has 0 heterocycles. The summed E-state index contributed by atoms with van der Waals surface area (Å²) in [5.41, 5.74) is 0. The summed E-state index contributed by atoms with van der Waals surface area (Å²) in [6, 6.07) is 0. The third-order valence-electron chi connectivity index (χ3n) is 2.99. The van der Waals surface area contributed by atoms with Gasteiger partial charge < -0.3 is 10.2 Å². The monoisotopic (exact) mass is 188 g/mol. The molecule has 0 rings (SSSR count). The Morgan fingerprint density at radius 3 is 1.69 bits per heavy atom. The Balaban J connectivity index is 4.15. The predicted molar refractivity (Wildman–Crippen MR) is 55.5 cm³/mol. The minimum absolute atomic E-state index is 0.0325. The lowest BCUT2D eigenvalue weighted by Crippen LogP contribution is -2.36. The molecule has 0 aromatic carbocycles. The van der Waals surface area contributed by atoms with Crippen molar-refractivity contribution in [2.75, 3.05) is 0 Å². The highest BCUT2D eigenvalue weighted by atomic mass is 16.3. The molecule has 2 N–H and O–H groups in total. The lowest BCUT2D eigenvalue weighted by Gasteiger charge is -2.29. The van der Waals surface area contributed by atoms with Crippen molar-refractivity contribution in [1.82, 2.24) is 0 Å². The van der Waals surface area contributed by atoms with E-state index in [1.54, 1.807) is 0 Å². The van der Waals surface area contributed by atoms with Crippen molar-refractivity contribution in [1.29, 1.82) is 0 Å². The zero-order valence-electron chi connectivity index (χ0n) is 9.49. The summed E-state index contributed by atoms with van der Waals surface area (Å²) in [5, 5.41) is 19.6. The first-order chi connectivity index (χ1) is 5.91. The predicted octanol–water partition coefficient (Wildman–Crippen LogP) is 2.05. The van der Waals surface area contributed by atoms with Gasteiger partial charge in [0, 0.05) is 5.92 Å². The Hall–Kier alpha value is -0.0800. The van der Waals surface area contributed by atoms with Crippen LogP contribution in [0.15, 0.2) is 0 Å². The summed E-state index contributed by atoms with van der Waals surface area (Å²) in [5.74, 6) is 0.451. The van der Waals surface area contributed by atoms with E-state index in [-0.39, 0.29) is 23.9 Å². The average Bonchev–Trinajstić information content (AvgIpc) is 2.12. The highest BCUT2D eigenvalue weighted by Gasteiger charge is 2.27. The van der Waals surface area contributed by atoms with E-state index in [9.17, 15) is 10.2 Å². The molecular formula is C11H24O2. The largest absolute Gasteiger partial charge is 0.392 e. The molecule has 4 atom stereocenters. The minimum Gasteiger partial charge on any atom is -0.392 e. The van der Waals surface area contributed by atoms with Crippen molar-refractivity contribution in [2.45, 2.75) is 53.2 Å². The van der Waals surface area contributed by atoms with E-state index in [1.165, 1.54) is 0 Å². The highest BCUT2D eigenvalue weighted by molar-refractivity contribution is 4.77. The van der Waals surface area contributed by atoms with Crippen LogP contribution in [0.1, 0.15) is 41.0 Å². The van der Waals surface area contributed by atoms with Gasteiger partial charge in [-0.1, -0.05) is 41.0 Å². The van der Waals surface area contributed by atoms with Gasteiger partial charge in [-0.2, -0.15) is 0 Å². The Morgan fingerprint density at radius 1 is 0.923 bits per heavy atom. The lowest BCUT2D eigenvalue weighted by atomic mass is 9.84. The summed E-state index contributed by atoms with van der Waals surface area (Å²) in [7, 11) is 0. The molecule has 0 spiro atoms. The fraction of sp³-hybridized carbons (Fsp3) is 1.00. The molecule has 0 aromatic heterocycles. The van der Waals surface area contributed by atoms with Crippen molar-refractivity contribution in [3.05, 3.63) is 0 Å². The van der Waals surface area contributed by atoms with E-state index in [2.05, 4.69) is 6.92 Å². The van der Waals surface area contributed by atoms with Crippen LogP contribution in [0.2, 0.25) is 0 Å². The molecule has 0 aliphatic rings. The topological polar surface area (TPSA) is 40.5 Å². The zero-order valence-corrected chi connectivity index (χ0v) is 9.49. The Labute approximate surface area is 82.0 Å². The van der Waals surface area contributed by atoms with E-state index >= 15 is 0 Å². The summed E-state index contributed by atoms with van der Waals surface area (Å²) in [4.78, 5) is 0. The second-order valence-corrected chi connectivity index (χ2v) is 4.47. The first-order valence-electron chi connectivity index (χ1n) is 5.27. The van der Waals surface area contributed by atoms with Gasteiger partial charge in [0.05, 0.1) is 12.2 Å². The van der Waals surface area contributed by atoms with Crippen LogP contribution >= 0.6 is 0 Å². The molecule has 0 aliphatic carbocycles. The van der Waals surface area contributed by atoms with Crippen LogP contribution in [-0.4, -0.2) is 22.4 Å². The molecule has 2 nitrogen and oxygen atoms in total. The number of aliphatic hydroxyl groups is 2. The summed E-state index contributed by atoms with van der Waals surface area (Å²) in [6.07, 6.45) is 0.169. The second kappa shape index (κ2) is 5.61. The summed E-state index contributed by atoms with van der Waals surface area (Å²) >= 11 is 0. The van der Waals surface area contributed by atoms with Gasteiger partial charge in [-0.05, 0) is 11.8 Å². The molecule has 0 bridgehead atoms. The fourth-order valence-corrected chi connectivity index (χ4v) is 1.57. The maximum absolute atomic E-state index is 9.85. The first kappa shape index (κ1) is 12.9. The van der Waals surface area contributed by atoms with E-state index in [0.29, 0.717) is 0 Å². The third kappa shape index (κ3) is 3.65. The fourth-order valence-electron chi connectivity index (χ4n) is 1.57. The molecule has 4 unspecified atom stereocenters. The van der Waals surface area contributed by atoms with Gasteiger partial charge in [-0.15, -0.1) is 0 Å². The molecule has 0 fully saturated rings. The Bertz CT molecular complexity index is 134. The molecule has 80 valence electrons. The number of aliphatic hydroxyl groups excluding tert-OH is 2. The standard InChI is InChI=1S/C11H24O2/c1-6-8(4)11(13)9(5)10(12)7(2)3/h7-13H,6H2,1-5H3. The first-order valence-corrected chi connectivity index (χ1v) is 5.27. The van der Waals surface area contributed by atoms with E-state index in [1.807, 2.05) is 27.7 Å². The SMILES string of the molecule is CCC(C)C(O)C(C)C(O)C(C)C. The number of hydrogen-bond donors (Lipinski definition) is 2. The molecule has 0 radical (unpaired) electrons. The lowest BCUT2D eigenvalue weighted by molar-refractivity contribution is -0.0255. The Kier molecular flexibility index (Phi) is 5.57. The minimum atomic E-state index is -0.399. The van der Waals surface area contributed by atoms with Crippen LogP contribution in [0.3, 0.4) is 0 Å². The average molecular weight is 188 g/mol. The van der Waals surface area contributed by atoms with Gasteiger partial charge in [0.1, 0.15) is 0 Å². The van der Waals surface area contributed by atoms with Crippen molar-refractivity contribution in [2.24, 2.45) is 17.8 Å². The molecule has 0 saturated carbocycles. The molecule has 2 heteroatoms. The van der Waals surface area contributed by atoms with Crippen molar-refractivity contribution in [3.63, 3.8) is 0 Å². The molecule has 0 aromatic rings. The van der Waals surface area contributed by atoms with Crippen LogP contribution in [0.25, 0.3) is 0 Å².